The van der Waals surface area contributed by atoms with Gasteiger partial charge in [0.15, 0.2) is 21.3 Å². The highest BCUT2D eigenvalue weighted by Gasteiger charge is 2.70. The Morgan fingerprint density at radius 2 is 1.96 bits per heavy atom. The number of nitrogens with zero attached hydrogens (tertiary/aromatic N) is 2. The van der Waals surface area contributed by atoms with Crippen LogP contribution in [0.1, 0.15) is 29.9 Å². The maximum atomic E-state index is 12.7. The van der Waals surface area contributed by atoms with Crippen LogP contribution in [0.3, 0.4) is 0 Å². The van der Waals surface area contributed by atoms with Crippen LogP contribution in [0.2, 0.25) is 0 Å². The van der Waals surface area contributed by atoms with E-state index in [9.17, 15) is 27.9 Å². The number of sulfone groups is 1. The molecule has 132 valence electrons. The molecule has 0 aromatic carbocycles. The van der Waals surface area contributed by atoms with Gasteiger partial charge in [0.05, 0.1) is 16.8 Å². The maximum Gasteiger partial charge on any atom is 0.337 e. The number of hydrogen-bond acceptors (Lipinski definition) is 6. The van der Waals surface area contributed by atoms with E-state index in [4.69, 9.17) is 5.11 Å². The molecule has 2 aliphatic heterocycles. The number of carbonyl (C=O) groups excluding carboxylic acids is 1. The number of aliphatic carboxylic acids is 1. The van der Waals surface area contributed by atoms with Gasteiger partial charge in [-0.2, -0.15) is 0 Å². The summed E-state index contributed by atoms with van der Waals surface area (Å²) in [6.07, 6.45) is 2.41. The molecule has 0 spiro atoms. The SMILES string of the molecule is CC1(C)[C@H](C(=O)O)N2C(=O)C(=Cc3ncccc3C(=O)O)[C@H]2S1(=O)=O. The molecule has 3 heterocycles. The first-order valence-electron chi connectivity index (χ1n) is 7.20. The van der Waals surface area contributed by atoms with Crippen LogP contribution >= 0.6 is 0 Å². The number of carboxylic acid groups (broad SMARTS) is 2. The lowest BCUT2D eigenvalue weighted by molar-refractivity contribution is -0.152. The van der Waals surface area contributed by atoms with Crippen molar-refractivity contribution in [1.82, 2.24) is 9.88 Å². The van der Waals surface area contributed by atoms with E-state index in [1.54, 1.807) is 0 Å². The summed E-state index contributed by atoms with van der Waals surface area (Å²) in [5.74, 6) is -3.44. The molecule has 2 atom stereocenters. The molecule has 0 saturated carbocycles. The minimum atomic E-state index is -4.01. The van der Waals surface area contributed by atoms with Crippen LogP contribution in [0.15, 0.2) is 23.9 Å². The first kappa shape index (κ1) is 17.1. The van der Waals surface area contributed by atoms with Crippen molar-refractivity contribution in [1.29, 1.82) is 0 Å². The van der Waals surface area contributed by atoms with Gasteiger partial charge in [0.2, 0.25) is 0 Å². The van der Waals surface area contributed by atoms with E-state index in [0.717, 1.165) is 11.0 Å². The average molecular weight is 366 g/mol. The Kier molecular flexibility index (Phi) is 3.50. The quantitative estimate of drug-likeness (QED) is 0.562. The predicted octanol–water partition coefficient (Wildman–Crippen LogP) is -0.00830. The normalized spacial score (nSPS) is 27.7. The lowest BCUT2D eigenvalue weighted by Gasteiger charge is -2.37. The van der Waals surface area contributed by atoms with E-state index in [-0.39, 0.29) is 16.8 Å². The summed E-state index contributed by atoms with van der Waals surface area (Å²) in [7, 11) is -4.01. The molecular formula is C15H14N2O7S. The zero-order valence-corrected chi connectivity index (χ0v) is 14.0. The number of carbonyl (C=O) groups is 3. The van der Waals surface area contributed by atoms with Crippen molar-refractivity contribution in [3.8, 4) is 0 Å². The highest BCUT2D eigenvalue weighted by molar-refractivity contribution is 7.94. The minimum absolute atomic E-state index is 0.0650. The molecule has 1 amide bonds. The van der Waals surface area contributed by atoms with Gasteiger partial charge >= 0.3 is 11.9 Å². The maximum absolute atomic E-state index is 12.7. The Hall–Kier alpha value is -2.75. The third-order valence-electron chi connectivity index (χ3n) is 4.56. The second-order valence-corrected chi connectivity index (χ2v) is 8.88. The third kappa shape index (κ3) is 2.10. The second kappa shape index (κ2) is 5.12. The van der Waals surface area contributed by atoms with Crippen molar-refractivity contribution in [2.45, 2.75) is 30.0 Å². The van der Waals surface area contributed by atoms with Crippen LogP contribution in [0.5, 0.6) is 0 Å². The van der Waals surface area contributed by atoms with Crippen molar-refractivity contribution in [3.05, 3.63) is 35.2 Å². The van der Waals surface area contributed by atoms with E-state index < -0.39 is 43.8 Å². The molecule has 0 unspecified atom stereocenters. The number of aromatic carboxylic acids is 1. The molecule has 25 heavy (non-hydrogen) atoms. The van der Waals surface area contributed by atoms with E-state index >= 15 is 0 Å². The largest absolute Gasteiger partial charge is 0.480 e. The summed E-state index contributed by atoms with van der Waals surface area (Å²) in [5.41, 5.74) is -0.437. The predicted molar refractivity (Wildman–Crippen MR) is 84.2 cm³/mol. The van der Waals surface area contributed by atoms with Gasteiger partial charge in [-0.25, -0.2) is 18.0 Å². The first-order valence-corrected chi connectivity index (χ1v) is 8.75. The van der Waals surface area contributed by atoms with Crippen molar-refractivity contribution in [2.75, 3.05) is 0 Å². The molecule has 1 aromatic rings. The fourth-order valence-electron chi connectivity index (χ4n) is 3.20. The minimum Gasteiger partial charge on any atom is -0.480 e. The first-order chi connectivity index (χ1) is 11.5. The van der Waals surface area contributed by atoms with Crippen LogP contribution in [0.25, 0.3) is 6.08 Å². The summed E-state index contributed by atoms with van der Waals surface area (Å²) < 4.78 is 23.8. The number of β-lactam (4-membered cyclic amide) rings is 1. The monoisotopic (exact) mass is 366 g/mol. The number of aromatic nitrogens is 1. The number of amides is 1. The Balaban J connectivity index is 2.14. The second-order valence-electron chi connectivity index (χ2n) is 6.30. The zero-order valence-electron chi connectivity index (χ0n) is 13.2. The van der Waals surface area contributed by atoms with Crippen molar-refractivity contribution in [2.24, 2.45) is 0 Å². The highest BCUT2D eigenvalue weighted by Crippen LogP contribution is 2.48. The molecule has 2 saturated heterocycles. The van der Waals surface area contributed by atoms with Crippen molar-refractivity contribution >= 4 is 33.8 Å². The number of carboxylic acids is 2. The lowest BCUT2D eigenvalue weighted by Crippen LogP contribution is -2.58. The summed E-state index contributed by atoms with van der Waals surface area (Å²) >= 11 is 0. The molecule has 0 aliphatic carbocycles. The fraction of sp³-hybridized carbons (Fsp3) is 0.333. The summed E-state index contributed by atoms with van der Waals surface area (Å²) in [6.45, 7) is 2.52. The van der Waals surface area contributed by atoms with E-state index in [1.807, 2.05) is 0 Å². The van der Waals surface area contributed by atoms with Gasteiger partial charge in [0.1, 0.15) is 4.75 Å². The van der Waals surface area contributed by atoms with Crippen LogP contribution in [-0.4, -0.2) is 62.5 Å². The van der Waals surface area contributed by atoms with Crippen LogP contribution in [-0.2, 0) is 19.4 Å². The van der Waals surface area contributed by atoms with E-state index in [1.165, 1.54) is 32.2 Å². The molecule has 3 rings (SSSR count). The van der Waals surface area contributed by atoms with Crippen LogP contribution < -0.4 is 0 Å². The molecule has 1 aromatic heterocycles. The molecule has 9 nitrogen and oxygen atoms in total. The number of rotatable bonds is 3. The molecule has 0 bridgehead atoms. The highest BCUT2D eigenvalue weighted by atomic mass is 32.2. The number of pyridine rings is 1. The van der Waals surface area contributed by atoms with Gasteiger partial charge in [-0.1, -0.05) is 0 Å². The third-order valence-corrected chi connectivity index (χ3v) is 7.32. The van der Waals surface area contributed by atoms with Crippen LogP contribution in [0.4, 0.5) is 0 Å². The van der Waals surface area contributed by atoms with Gasteiger partial charge < -0.3 is 15.1 Å². The Morgan fingerprint density at radius 3 is 2.52 bits per heavy atom. The average Bonchev–Trinajstić information content (AvgIpc) is 2.66. The smallest absolute Gasteiger partial charge is 0.337 e. The van der Waals surface area contributed by atoms with Gasteiger partial charge in [-0.15, -0.1) is 0 Å². The number of hydrogen-bond donors (Lipinski definition) is 2. The van der Waals surface area contributed by atoms with Gasteiger partial charge in [-0.05, 0) is 32.1 Å². The Bertz CT molecular complexity index is 948. The van der Waals surface area contributed by atoms with Crippen molar-refractivity contribution in [3.63, 3.8) is 0 Å². The summed E-state index contributed by atoms with van der Waals surface area (Å²) in [6, 6.07) is 1.17. The fourth-order valence-corrected chi connectivity index (χ4v) is 5.32. The Labute approximate surface area is 142 Å². The summed E-state index contributed by atoms with van der Waals surface area (Å²) in [5, 5.41) is 17.1. The molecule has 2 aliphatic rings. The summed E-state index contributed by atoms with van der Waals surface area (Å²) in [4.78, 5) is 39.8. The standard InChI is InChI=1S/C15H14N2O7S/c1-15(2)10(14(21)22)17-11(18)8(12(17)25(15,23)24)6-9-7(13(19)20)4-3-5-16-9/h3-6,10,12H,1-2H3,(H,19,20)(H,21,22)/t10-,12+/m0/s1. The molecule has 2 N–H and O–H groups in total. The molecule has 2 fully saturated rings. The van der Waals surface area contributed by atoms with E-state index in [2.05, 4.69) is 4.98 Å². The topological polar surface area (TPSA) is 142 Å². The molecule has 10 heteroatoms. The van der Waals surface area contributed by atoms with Crippen LogP contribution in [0, 0.1) is 0 Å². The van der Waals surface area contributed by atoms with Crippen molar-refractivity contribution < 1.29 is 33.0 Å². The van der Waals surface area contributed by atoms with E-state index in [0.29, 0.717) is 0 Å². The number of fused-ring (bicyclic) bond motifs is 1. The van der Waals surface area contributed by atoms with Gasteiger partial charge in [-0.3, -0.25) is 9.78 Å². The molecular weight excluding hydrogens is 352 g/mol. The lowest BCUT2D eigenvalue weighted by atomic mass is 9.95. The molecule has 0 radical (unpaired) electrons. The Morgan fingerprint density at radius 1 is 1.32 bits per heavy atom. The zero-order chi connectivity index (χ0) is 18.7. The van der Waals surface area contributed by atoms with Gasteiger partial charge in [0.25, 0.3) is 5.91 Å². The van der Waals surface area contributed by atoms with Gasteiger partial charge in [0, 0.05) is 6.20 Å².